The molecule has 1 aromatic carbocycles. The third-order valence-corrected chi connectivity index (χ3v) is 5.66. The van der Waals surface area contributed by atoms with Crippen molar-refractivity contribution >= 4 is 17.9 Å². The first-order valence-electron chi connectivity index (χ1n) is 12.1. The van der Waals surface area contributed by atoms with Crippen molar-refractivity contribution in [3.63, 3.8) is 0 Å². The normalized spacial score (nSPS) is 18.3. The summed E-state index contributed by atoms with van der Waals surface area (Å²) < 4.78 is 5.27. The molecule has 1 fully saturated rings. The van der Waals surface area contributed by atoms with E-state index in [0.29, 0.717) is 12.5 Å². The number of ether oxygens (including phenoxy) is 1. The molecule has 184 valence electrons. The van der Waals surface area contributed by atoms with Crippen LogP contribution in [0.1, 0.15) is 83.0 Å². The number of aryl methyl sites for hydroxylation is 2. The summed E-state index contributed by atoms with van der Waals surface area (Å²) in [5.41, 5.74) is 2.22. The zero-order valence-electron chi connectivity index (χ0n) is 21.3. The van der Waals surface area contributed by atoms with Crippen molar-refractivity contribution in [2.24, 2.45) is 5.92 Å². The third kappa shape index (κ3) is 8.37. The second kappa shape index (κ2) is 11.5. The van der Waals surface area contributed by atoms with Gasteiger partial charge in [0.25, 0.3) is 0 Å². The number of alkyl carbamates (subject to hydrolysis) is 1. The number of nitrogens with zero attached hydrogens (tertiary/aromatic N) is 1. The van der Waals surface area contributed by atoms with Gasteiger partial charge in [0.1, 0.15) is 18.2 Å². The fourth-order valence-corrected chi connectivity index (χ4v) is 4.05. The minimum absolute atomic E-state index is 0.0369. The Morgan fingerprint density at radius 3 is 2.21 bits per heavy atom. The second-order valence-corrected chi connectivity index (χ2v) is 10.3. The summed E-state index contributed by atoms with van der Waals surface area (Å²) in [6, 6.07) is 5.21. The van der Waals surface area contributed by atoms with E-state index in [1.54, 1.807) is 25.7 Å². The maximum Gasteiger partial charge on any atom is 0.408 e. The zero-order valence-corrected chi connectivity index (χ0v) is 21.3. The SMILES string of the molecule is CCCCCNC(=O)C(c1cc(C)cc(C)c1)N(C(=O)CNC(=O)OC(C)(C)C)C1CC1C. The molecular formula is C26H41N3O4. The van der Waals surface area contributed by atoms with Crippen LogP contribution >= 0.6 is 0 Å². The van der Waals surface area contributed by atoms with Gasteiger partial charge >= 0.3 is 6.09 Å². The van der Waals surface area contributed by atoms with E-state index < -0.39 is 17.7 Å². The van der Waals surface area contributed by atoms with Crippen molar-refractivity contribution in [2.45, 2.75) is 91.8 Å². The molecule has 0 spiro atoms. The molecule has 3 atom stereocenters. The number of carbonyl (C=O) groups excluding carboxylic acids is 3. The molecule has 7 nitrogen and oxygen atoms in total. The molecule has 3 amide bonds. The van der Waals surface area contributed by atoms with Gasteiger partial charge in [-0.2, -0.15) is 0 Å². The summed E-state index contributed by atoms with van der Waals surface area (Å²) in [5.74, 6) is -0.166. The van der Waals surface area contributed by atoms with Crippen molar-refractivity contribution in [3.05, 3.63) is 34.9 Å². The molecule has 0 bridgehead atoms. The number of hydrogen-bond acceptors (Lipinski definition) is 4. The zero-order chi connectivity index (χ0) is 24.8. The highest BCUT2D eigenvalue weighted by atomic mass is 16.6. The molecule has 0 heterocycles. The van der Waals surface area contributed by atoms with Crippen LogP contribution in [0, 0.1) is 19.8 Å². The Bertz CT molecular complexity index is 826. The molecule has 33 heavy (non-hydrogen) atoms. The largest absolute Gasteiger partial charge is 0.444 e. The van der Waals surface area contributed by atoms with Crippen molar-refractivity contribution in [2.75, 3.05) is 13.1 Å². The first kappa shape index (κ1) is 26.7. The lowest BCUT2D eigenvalue weighted by Crippen LogP contribution is -2.49. The second-order valence-electron chi connectivity index (χ2n) is 10.3. The van der Waals surface area contributed by atoms with E-state index >= 15 is 0 Å². The van der Waals surface area contributed by atoms with Crippen LogP contribution in [0.3, 0.4) is 0 Å². The van der Waals surface area contributed by atoms with Gasteiger partial charge in [0.05, 0.1) is 0 Å². The highest BCUT2D eigenvalue weighted by Gasteiger charge is 2.46. The first-order valence-corrected chi connectivity index (χ1v) is 12.1. The topological polar surface area (TPSA) is 87.7 Å². The Hall–Kier alpha value is -2.57. The van der Waals surface area contributed by atoms with Gasteiger partial charge in [-0.15, -0.1) is 0 Å². The molecule has 7 heteroatoms. The number of hydrogen-bond donors (Lipinski definition) is 2. The van der Waals surface area contributed by atoms with Crippen molar-refractivity contribution in [3.8, 4) is 0 Å². The van der Waals surface area contributed by atoms with Crippen LogP contribution in [0.2, 0.25) is 0 Å². The Balaban J connectivity index is 2.29. The number of rotatable bonds is 10. The Morgan fingerprint density at radius 2 is 1.70 bits per heavy atom. The highest BCUT2D eigenvalue weighted by Crippen LogP contribution is 2.40. The summed E-state index contributed by atoms with van der Waals surface area (Å²) >= 11 is 0. The Labute approximate surface area is 198 Å². The predicted octanol–water partition coefficient (Wildman–Crippen LogP) is 4.41. The monoisotopic (exact) mass is 459 g/mol. The van der Waals surface area contributed by atoms with Gasteiger partial charge in [0, 0.05) is 12.6 Å². The smallest absolute Gasteiger partial charge is 0.408 e. The van der Waals surface area contributed by atoms with Crippen LogP contribution in [-0.4, -0.2) is 47.5 Å². The van der Waals surface area contributed by atoms with Crippen LogP contribution < -0.4 is 10.6 Å². The predicted molar refractivity (Wildman–Crippen MR) is 130 cm³/mol. The molecule has 0 radical (unpaired) electrons. The van der Waals surface area contributed by atoms with E-state index in [0.717, 1.165) is 42.4 Å². The minimum atomic E-state index is -0.742. The number of nitrogens with one attached hydrogen (secondary N) is 2. The van der Waals surface area contributed by atoms with Crippen LogP contribution in [0.25, 0.3) is 0 Å². The standard InChI is InChI=1S/C26H41N3O4/c1-8-9-10-11-27-24(31)23(20-13-17(2)12-18(3)14-20)29(21-15-19(21)4)22(30)16-28-25(32)33-26(5,6)7/h12-14,19,21,23H,8-11,15-16H2,1-7H3,(H,27,31)(H,28,32). The molecule has 2 N–H and O–H groups in total. The van der Waals surface area contributed by atoms with E-state index in [4.69, 9.17) is 4.74 Å². The maximum atomic E-state index is 13.4. The third-order valence-electron chi connectivity index (χ3n) is 5.66. The maximum absolute atomic E-state index is 13.4. The lowest BCUT2D eigenvalue weighted by molar-refractivity contribution is -0.141. The van der Waals surface area contributed by atoms with Crippen molar-refractivity contribution in [1.29, 1.82) is 0 Å². The molecule has 0 aliphatic heterocycles. The molecule has 0 aromatic heterocycles. The van der Waals surface area contributed by atoms with Gasteiger partial charge in [-0.25, -0.2) is 4.79 Å². The quantitative estimate of drug-likeness (QED) is 0.507. The molecule has 3 unspecified atom stereocenters. The summed E-state index contributed by atoms with van der Waals surface area (Å²) in [6.45, 7) is 13.8. The summed E-state index contributed by atoms with van der Waals surface area (Å²) in [4.78, 5) is 40.6. The molecule has 1 aliphatic carbocycles. The Kier molecular flexibility index (Phi) is 9.32. The van der Waals surface area contributed by atoms with E-state index in [1.165, 1.54) is 0 Å². The van der Waals surface area contributed by atoms with Crippen molar-refractivity contribution in [1.82, 2.24) is 15.5 Å². The van der Waals surface area contributed by atoms with Gasteiger partial charge < -0.3 is 20.3 Å². The summed E-state index contributed by atoms with van der Waals surface area (Å²) in [6.07, 6.45) is 3.19. The van der Waals surface area contributed by atoms with Gasteiger partial charge in [-0.05, 0) is 58.9 Å². The number of benzene rings is 1. The summed E-state index contributed by atoms with van der Waals surface area (Å²) in [7, 11) is 0. The van der Waals surface area contributed by atoms with Gasteiger partial charge in [0.2, 0.25) is 11.8 Å². The van der Waals surface area contributed by atoms with Gasteiger partial charge in [0.15, 0.2) is 0 Å². The average Bonchev–Trinajstić information content (AvgIpc) is 3.41. The summed E-state index contributed by atoms with van der Waals surface area (Å²) in [5, 5.41) is 5.60. The molecule has 0 saturated heterocycles. The molecule has 2 rings (SSSR count). The van der Waals surface area contributed by atoms with E-state index in [2.05, 4.69) is 30.5 Å². The fourth-order valence-electron chi connectivity index (χ4n) is 4.05. The van der Waals surface area contributed by atoms with Crippen LogP contribution in [0.5, 0.6) is 0 Å². The highest BCUT2D eigenvalue weighted by molar-refractivity contribution is 5.91. The van der Waals surface area contributed by atoms with Crippen LogP contribution in [0.4, 0.5) is 4.79 Å². The van der Waals surface area contributed by atoms with Crippen molar-refractivity contribution < 1.29 is 19.1 Å². The molecule has 1 aromatic rings. The average molecular weight is 460 g/mol. The minimum Gasteiger partial charge on any atom is -0.444 e. The van der Waals surface area contributed by atoms with E-state index in [-0.39, 0.29) is 24.4 Å². The lowest BCUT2D eigenvalue weighted by atomic mass is 9.98. The molecular weight excluding hydrogens is 418 g/mol. The number of carbonyl (C=O) groups is 3. The molecule has 1 saturated carbocycles. The number of amides is 3. The first-order chi connectivity index (χ1) is 15.4. The lowest BCUT2D eigenvalue weighted by Gasteiger charge is -2.32. The van der Waals surface area contributed by atoms with Crippen LogP contribution in [0.15, 0.2) is 18.2 Å². The molecule has 1 aliphatic rings. The van der Waals surface area contributed by atoms with Gasteiger partial charge in [-0.3, -0.25) is 9.59 Å². The van der Waals surface area contributed by atoms with E-state index in [9.17, 15) is 14.4 Å². The fraction of sp³-hybridized carbons (Fsp3) is 0.654. The van der Waals surface area contributed by atoms with Gasteiger partial charge in [-0.1, -0.05) is 56.0 Å². The Morgan fingerprint density at radius 1 is 1.09 bits per heavy atom. The van der Waals surface area contributed by atoms with Crippen LogP contribution in [-0.2, 0) is 14.3 Å². The van der Waals surface area contributed by atoms with E-state index in [1.807, 2.05) is 26.0 Å². The number of unbranched alkanes of at least 4 members (excludes halogenated alkanes) is 2.